The highest BCUT2D eigenvalue weighted by Crippen LogP contribution is 2.29. The average Bonchev–Trinajstić information content (AvgIpc) is 2.60. The molecule has 2 aromatic carbocycles. The van der Waals surface area contributed by atoms with Crippen molar-refractivity contribution in [2.45, 2.75) is 13.8 Å². The van der Waals surface area contributed by atoms with E-state index in [2.05, 4.69) is 5.32 Å². The van der Waals surface area contributed by atoms with Gasteiger partial charge in [-0.25, -0.2) is 0 Å². The molecular formula is C20H18N2O4S. The van der Waals surface area contributed by atoms with Crippen LogP contribution in [0.2, 0.25) is 0 Å². The van der Waals surface area contributed by atoms with Crippen LogP contribution in [0.1, 0.15) is 16.7 Å². The smallest absolute Gasteiger partial charge is 0.270 e. The summed E-state index contributed by atoms with van der Waals surface area (Å²) in [6.07, 6.45) is 1.41. The van der Waals surface area contributed by atoms with E-state index in [1.807, 2.05) is 26.0 Å². The number of thiocarbonyl (C=S) groups is 1. The van der Waals surface area contributed by atoms with Crippen molar-refractivity contribution >= 4 is 40.9 Å². The minimum absolute atomic E-state index is 0.0340. The Morgan fingerprint density at radius 3 is 2.52 bits per heavy atom. The van der Waals surface area contributed by atoms with Crippen LogP contribution in [0.5, 0.6) is 11.5 Å². The summed E-state index contributed by atoms with van der Waals surface area (Å²) in [5, 5.41) is 12.5. The van der Waals surface area contributed by atoms with E-state index in [9.17, 15) is 14.7 Å². The molecule has 0 radical (unpaired) electrons. The second kappa shape index (κ2) is 7.20. The lowest BCUT2D eigenvalue weighted by atomic mass is 10.0. The highest BCUT2D eigenvalue weighted by atomic mass is 32.1. The minimum atomic E-state index is -0.582. The fourth-order valence-corrected chi connectivity index (χ4v) is 3.17. The van der Waals surface area contributed by atoms with Gasteiger partial charge in [0.2, 0.25) is 0 Å². The SMILES string of the molecule is COc1ccc(/C=C2\C(=O)NC(=S)N(c3ccc(C)cc3C)C2=O)cc1O. The van der Waals surface area contributed by atoms with Crippen molar-refractivity contribution in [2.24, 2.45) is 0 Å². The van der Waals surface area contributed by atoms with Gasteiger partial charge in [0, 0.05) is 0 Å². The number of rotatable bonds is 3. The maximum absolute atomic E-state index is 13.0. The topological polar surface area (TPSA) is 78.9 Å². The number of ether oxygens (including phenoxy) is 1. The quantitative estimate of drug-likeness (QED) is 0.485. The summed E-state index contributed by atoms with van der Waals surface area (Å²) in [7, 11) is 1.44. The number of anilines is 1. The summed E-state index contributed by atoms with van der Waals surface area (Å²) in [5.41, 5.74) is 2.94. The van der Waals surface area contributed by atoms with Crippen LogP contribution in [-0.2, 0) is 9.59 Å². The normalized spacial score (nSPS) is 15.9. The van der Waals surface area contributed by atoms with Gasteiger partial charge in [0.1, 0.15) is 5.57 Å². The Morgan fingerprint density at radius 2 is 1.89 bits per heavy atom. The van der Waals surface area contributed by atoms with E-state index >= 15 is 0 Å². The summed E-state index contributed by atoms with van der Waals surface area (Å²) < 4.78 is 5.00. The molecule has 0 spiro atoms. The Labute approximate surface area is 162 Å². The van der Waals surface area contributed by atoms with E-state index in [-0.39, 0.29) is 16.4 Å². The number of aryl methyl sites for hydroxylation is 2. The largest absolute Gasteiger partial charge is 0.504 e. The number of phenolic OH excluding ortho intramolecular Hbond substituents is 1. The summed E-state index contributed by atoms with van der Waals surface area (Å²) in [6.45, 7) is 3.83. The van der Waals surface area contributed by atoms with Gasteiger partial charge < -0.3 is 9.84 Å². The van der Waals surface area contributed by atoms with Crippen LogP contribution in [0.15, 0.2) is 42.0 Å². The number of aromatic hydroxyl groups is 1. The number of amides is 2. The molecule has 27 heavy (non-hydrogen) atoms. The number of methoxy groups -OCH3 is 1. The summed E-state index contributed by atoms with van der Waals surface area (Å²) in [6, 6.07) is 10.2. The van der Waals surface area contributed by atoms with Crippen molar-refractivity contribution in [2.75, 3.05) is 12.0 Å². The number of hydrogen-bond donors (Lipinski definition) is 2. The first-order valence-corrected chi connectivity index (χ1v) is 8.58. The van der Waals surface area contributed by atoms with Crippen molar-refractivity contribution in [3.63, 3.8) is 0 Å². The van der Waals surface area contributed by atoms with Crippen molar-refractivity contribution in [1.29, 1.82) is 0 Å². The first-order chi connectivity index (χ1) is 12.8. The van der Waals surface area contributed by atoms with Crippen molar-refractivity contribution in [3.8, 4) is 11.5 Å². The maximum atomic E-state index is 13.0. The molecule has 138 valence electrons. The van der Waals surface area contributed by atoms with Crippen molar-refractivity contribution < 1.29 is 19.4 Å². The zero-order valence-electron chi connectivity index (χ0n) is 15.1. The summed E-state index contributed by atoms with van der Waals surface area (Å²) in [4.78, 5) is 26.7. The van der Waals surface area contributed by atoms with E-state index < -0.39 is 11.8 Å². The van der Waals surface area contributed by atoms with Crippen molar-refractivity contribution in [3.05, 3.63) is 58.7 Å². The van der Waals surface area contributed by atoms with Crippen LogP contribution in [0.3, 0.4) is 0 Å². The second-order valence-electron chi connectivity index (χ2n) is 6.18. The Morgan fingerprint density at radius 1 is 1.15 bits per heavy atom. The fourth-order valence-electron chi connectivity index (χ4n) is 2.90. The third kappa shape index (κ3) is 3.54. The zero-order valence-corrected chi connectivity index (χ0v) is 15.9. The molecule has 0 bridgehead atoms. The van der Waals surface area contributed by atoms with Gasteiger partial charge in [-0.1, -0.05) is 23.8 Å². The molecule has 6 nitrogen and oxygen atoms in total. The molecule has 3 rings (SSSR count). The van der Waals surface area contributed by atoms with Crippen LogP contribution in [0.4, 0.5) is 5.69 Å². The molecule has 1 saturated heterocycles. The van der Waals surface area contributed by atoms with Gasteiger partial charge in [-0.15, -0.1) is 0 Å². The molecule has 7 heteroatoms. The molecule has 0 aromatic heterocycles. The van der Waals surface area contributed by atoms with Gasteiger partial charge >= 0.3 is 0 Å². The number of nitrogens with zero attached hydrogens (tertiary/aromatic N) is 1. The fraction of sp³-hybridized carbons (Fsp3) is 0.150. The average molecular weight is 382 g/mol. The molecule has 2 aromatic rings. The molecular weight excluding hydrogens is 364 g/mol. The minimum Gasteiger partial charge on any atom is -0.504 e. The molecule has 1 heterocycles. The van der Waals surface area contributed by atoms with Gasteiger partial charge in [-0.05, 0) is 61.5 Å². The standard InChI is InChI=1S/C20H18N2O4S/c1-11-4-6-15(12(2)8-11)22-19(25)14(18(24)21-20(22)27)9-13-5-7-17(26-3)16(23)10-13/h4-10,23H,1-3H3,(H,21,24,27)/b14-9+. The van der Waals surface area contributed by atoms with Crippen LogP contribution < -0.4 is 15.0 Å². The van der Waals surface area contributed by atoms with E-state index in [4.69, 9.17) is 17.0 Å². The van der Waals surface area contributed by atoms with Crippen molar-refractivity contribution in [1.82, 2.24) is 5.32 Å². The highest BCUT2D eigenvalue weighted by molar-refractivity contribution is 7.80. The number of carbonyl (C=O) groups excluding carboxylic acids is 2. The molecule has 0 unspecified atom stereocenters. The highest BCUT2D eigenvalue weighted by Gasteiger charge is 2.35. The molecule has 0 aliphatic carbocycles. The van der Waals surface area contributed by atoms with Crippen LogP contribution in [0, 0.1) is 13.8 Å². The number of nitrogens with one attached hydrogen (secondary N) is 1. The van der Waals surface area contributed by atoms with E-state index in [1.165, 1.54) is 24.2 Å². The van der Waals surface area contributed by atoms with Gasteiger partial charge in [-0.3, -0.25) is 19.8 Å². The summed E-state index contributed by atoms with van der Waals surface area (Å²) in [5.74, 6) is -0.890. The first kappa shape index (κ1) is 18.6. The second-order valence-corrected chi connectivity index (χ2v) is 6.57. The number of hydrogen-bond acceptors (Lipinski definition) is 5. The zero-order chi connectivity index (χ0) is 19.7. The lowest BCUT2D eigenvalue weighted by Crippen LogP contribution is -2.54. The summed E-state index contributed by atoms with van der Waals surface area (Å²) >= 11 is 5.22. The van der Waals surface area contributed by atoms with E-state index in [1.54, 1.807) is 18.2 Å². The Bertz CT molecular complexity index is 997. The monoisotopic (exact) mass is 382 g/mol. The lowest BCUT2D eigenvalue weighted by Gasteiger charge is -2.30. The third-order valence-electron chi connectivity index (χ3n) is 4.21. The molecule has 1 fully saturated rings. The van der Waals surface area contributed by atoms with Gasteiger partial charge in [-0.2, -0.15) is 0 Å². The molecule has 0 saturated carbocycles. The Hall–Kier alpha value is -3.19. The molecule has 1 aliphatic rings. The molecule has 0 atom stereocenters. The van der Waals surface area contributed by atoms with Crippen LogP contribution in [-0.4, -0.2) is 29.1 Å². The van der Waals surface area contributed by atoms with Crippen LogP contribution >= 0.6 is 12.2 Å². The van der Waals surface area contributed by atoms with Gasteiger partial charge in [0.05, 0.1) is 12.8 Å². The van der Waals surface area contributed by atoms with E-state index in [0.29, 0.717) is 17.0 Å². The molecule has 2 amide bonds. The lowest BCUT2D eigenvalue weighted by molar-refractivity contribution is -0.122. The van der Waals surface area contributed by atoms with Gasteiger partial charge in [0.15, 0.2) is 16.6 Å². The maximum Gasteiger partial charge on any atom is 0.270 e. The number of benzene rings is 2. The predicted molar refractivity (Wildman–Crippen MR) is 107 cm³/mol. The third-order valence-corrected chi connectivity index (χ3v) is 4.49. The number of phenols is 1. The van der Waals surface area contributed by atoms with Crippen LogP contribution in [0.25, 0.3) is 6.08 Å². The first-order valence-electron chi connectivity index (χ1n) is 8.17. The predicted octanol–water partition coefficient (Wildman–Crippen LogP) is 2.85. The van der Waals surface area contributed by atoms with E-state index in [0.717, 1.165) is 11.1 Å². The Balaban J connectivity index is 2.03. The number of carbonyl (C=O) groups is 2. The Kier molecular flexibility index (Phi) is 4.96. The van der Waals surface area contributed by atoms with Gasteiger partial charge in [0.25, 0.3) is 11.8 Å². The molecule has 1 aliphatic heterocycles. The molecule has 2 N–H and O–H groups in total.